The number of thioether (sulfide) groups is 1. The zero-order valence-corrected chi connectivity index (χ0v) is 16.5. The van der Waals surface area contributed by atoms with Crippen molar-refractivity contribution in [2.24, 2.45) is 0 Å². The topological polar surface area (TPSA) is 64.1 Å². The monoisotopic (exact) mass is 397 g/mol. The van der Waals surface area contributed by atoms with Crippen LogP contribution in [0.5, 0.6) is 5.75 Å². The van der Waals surface area contributed by atoms with Crippen molar-refractivity contribution in [1.82, 2.24) is 10.2 Å². The third kappa shape index (κ3) is 5.42. The molecule has 3 rings (SSSR count). The Morgan fingerprint density at radius 1 is 1.22 bits per heavy atom. The van der Waals surface area contributed by atoms with Gasteiger partial charge in [0, 0.05) is 11.3 Å². The number of aryl methyl sites for hydroxylation is 1. The second kappa shape index (κ2) is 9.34. The van der Waals surface area contributed by atoms with E-state index in [0.29, 0.717) is 23.1 Å². The van der Waals surface area contributed by atoms with Crippen molar-refractivity contribution in [3.05, 3.63) is 77.9 Å². The highest BCUT2D eigenvalue weighted by molar-refractivity contribution is 8.00. The van der Waals surface area contributed by atoms with Crippen LogP contribution >= 0.6 is 23.1 Å². The molecule has 1 aromatic heterocycles. The molecule has 0 saturated carbocycles. The van der Waals surface area contributed by atoms with Gasteiger partial charge in [0.05, 0.1) is 0 Å². The molecule has 0 aliphatic rings. The van der Waals surface area contributed by atoms with Crippen molar-refractivity contribution < 1.29 is 9.53 Å². The smallest absolute Gasteiger partial charge is 0.257 e. The quantitative estimate of drug-likeness (QED) is 0.331. The van der Waals surface area contributed by atoms with E-state index in [9.17, 15) is 4.79 Å². The zero-order valence-electron chi connectivity index (χ0n) is 14.8. The Kier molecular flexibility index (Phi) is 6.62. The van der Waals surface area contributed by atoms with Crippen molar-refractivity contribution in [1.29, 1.82) is 0 Å². The maximum absolute atomic E-state index is 12.3. The summed E-state index contributed by atoms with van der Waals surface area (Å²) >= 11 is 2.98. The summed E-state index contributed by atoms with van der Waals surface area (Å²) in [6.07, 6.45) is 1.67. The van der Waals surface area contributed by atoms with E-state index in [-0.39, 0.29) is 5.91 Å². The van der Waals surface area contributed by atoms with Crippen LogP contribution in [0.15, 0.2) is 65.5 Å². The molecule has 3 aromatic rings. The van der Waals surface area contributed by atoms with E-state index in [0.717, 1.165) is 10.1 Å². The fourth-order valence-corrected chi connectivity index (χ4v) is 4.08. The summed E-state index contributed by atoms with van der Waals surface area (Å²) in [5, 5.41) is 11.5. The molecule has 0 unspecified atom stereocenters. The van der Waals surface area contributed by atoms with E-state index < -0.39 is 0 Å². The van der Waals surface area contributed by atoms with Crippen LogP contribution in [0.3, 0.4) is 0 Å². The summed E-state index contributed by atoms with van der Waals surface area (Å²) < 4.78 is 6.23. The first-order chi connectivity index (χ1) is 13.2. The lowest BCUT2D eigenvalue weighted by atomic mass is 10.1. The largest absolute Gasteiger partial charge is 0.490 e. The van der Waals surface area contributed by atoms with Crippen LogP contribution < -0.4 is 10.1 Å². The number of amides is 1. The molecular weight excluding hydrogens is 378 g/mol. The van der Waals surface area contributed by atoms with Crippen LogP contribution in [0.1, 0.15) is 21.5 Å². The number of carbonyl (C=O) groups excluding carboxylic acids is 1. The van der Waals surface area contributed by atoms with Crippen molar-refractivity contribution in [2.45, 2.75) is 17.0 Å². The highest BCUT2D eigenvalue weighted by atomic mass is 32.2. The van der Waals surface area contributed by atoms with Crippen LogP contribution in [-0.4, -0.2) is 22.7 Å². The van der Waals surface area contributed by atoms with Gasteiger partial charge in [0.2, 0.25) is 5.13 Å². The number of hydrogen-bond acceptors (Lipinski definition) is 6. The maximum atomic E-state index is 12.3. The minimum atomic E-state index is -0.225. The third-order valence-electron chi connectivity index (χ3n) is 3.72. The fraction of sp³-hybridized carbons (Fsp3) is 0.150. The normalized spacial score (nSPS) is 10.4. The molecule has 0 radical (unpaired) electrons. The summed E-state index contributed by atoms with van der Waals surface area (Å²) in [5.74, 6) is 1.29. The molecule has 0 aliphatic carbocycles. The summed E-state index contributed by atoms with van der Waals surface area (Å²) in [4.78, 5) is 12.3. The standard InChI is InChI=1S/C20H19N3O2S2/c1-3-12-25-17-10-8-15(9-11-17)18(24)21-19-22-23-20(27-19)26-13-16-7-5-4-6-14(16)2/h3-11H,1,12-13H2,2H3,(H,21,22,24). The number of ether oxygens (including phenoxy) is 1. The lowest BCUT2D eigenvalue weighted by Gasteiger charge is -2.04. The van der Waals surface area contributed by atoms with Crippen molar-refractivity contribution in [3.8, 4) is 5.75 Å². The molecule has 2 aromatic carbocycles. The lowest BCUT2D eigenvalue weighted by molar-refractivity contribution is 0.102. The summed E-state index contributed by atoms with van der Waals surface area (Å²) in [7, 11) is 0. The van der Waals surface area contributed by atoms with Gasteiger partial charge in [-0.3, -0.25) is 10.1 Å². The van der Waals surface area contributed by atoms with Crippen LogP contribution in [0.2, 0.25) is 0 Å². The Labute approximate surface area is 166 Å². The summed E-state index contributed by atoms with van der Waals surface area (Å²) in [6.45, 7) is 6.12. The molecule has 5 nitrogen and oxygen atoms in total. The average molecular weight is 398 g/mol. The van der Waals surface area contributed by atoms with E-state index in [1.54, 1.807) is 42.1 Å². The number of rotatable bonds is 8. The fourth-order valence-electron chi connectivity index (χ4n) is 2.26. The lowest BCUT2D eigenvalue weighted by Crippen LogP contribution is -2.11. The molecule has 0 atom stereocenters. The van der Waals surface area contributed by atoms with Crippen LogP contribution in [0.25, 0.3) is 0 Å². The molecular formula is C20H19N3O2S2. The molecule has 27 heavy (non-hydrogen) atoms. The van der Waals surface area contributed by atoms with Gasteiger partial charge < -0.3 is 4.74 Å². The summed E-state index contributed by atoms with van der Waals surface area (Å²) in [5.41, 5.74) is 3.05. The molecule has 1 heterocycles. The number of carbonyl (C=O) groups is 1. The highest BCUT2D eigenvalue weighted by Crippen LogP contribution is 2.29. The molecule has 1 amide bonds. The van der Waals surface area contributed by atoms with Crippen molar-refractivity contribution >= 4 is 34.1 Å². The highest BCUT2D eigenvalue weighted by Gasteiger charge is 2.11. The van der Waals surface area contributed by atoms with Gasteiger partial charge in [0.25, 0.3) is 5.91 Å². The van der Waals surface area contributed by atoms with Gasteiger partial charge in [0.1, 0.15) is 12.4 Å². The first-order valence-corrected chi connectivity index (χ1v) is 10.1. The Morgan fingerprint density at radius 3 is 2.74 bits per heavy atom. The van der Waals surface area contributed by atoms with E-state index in [1.165, 1.54) is 22.5 Å². The molecule has 138 valence electrons. The Morgan fingerprint density at radius 2 is 2.00 bits per heavy atom. The first kappa shape index (κ1) is 19.1. The maximum Gasteiger partial charge on any atom is 0.257 e. The van der Waals surface area contributed by atoms with Crippen LogP contribution in [0, 0.1) is 6.92 Å². The average Bonchev–Trinajstić information content (AvgIpc) is 3.13. The zero-order chi connectivity index (χ0) is 19.1. The van der Waals surface area contributed by atoms with Crippen LogP contribution in [-0.2, 0) is 5.75 Å². The van der Waals surface area contributed by atoms with E-state index in [2.05, 4.69) is 41.1 Å². The van der Waals surface area contributed by atoms with Gasteiger partial charge in [-0.1, -0.05) is 60.0 Å². The van der Waals surface area contributed by atoms with E-state index >= 15 is 0 Å². The Hall–Kier alpha value is -2.64. The molecule has 7 heteroatoms. The SMILES string of the molecule is C=CCOc1ccc(C(=O)Nc2nnc(SCc3ccccc3C)s2)cc1. The Bertz CT molecular complexity index is 923. The van der Waals surface area contributed by atoms with Gasteiger partial charge >= 0.3 is 0 Å². The second-order valence-corrected chi connectivity index (χ2v) is 7.87. The third-order valence-corrected chi connectivity index (χ3v) is 5.74. The number of aromatic nitrogens is 2. The van der Waals surface area contributed by atoms with Gasteiger partial charge in [-0.15, -0.1) is 10.2 Å². The van der Waals surface area contributed by atoms with Gasteiger partial charge in [0.15, 0.2) is 4.34 Å². The molecule has 0 fully saturated rings. The number of nitrogens with one attached hydrogen (secondary N) is 1. The second-order valence-electron chi connectivity index (χ2n) is 5.67. The molecule has 1 N–H and O–H groups in total. The van der Waals surface area contributed by atoms with Crippen LogP contribution in [0.4, 0.5) is 5.13 Å². The first-order valence-electron chi connectivity index (χ1n) is 8.31. The van der Waals surface area contributed by atoms with Crippen molar-refractivity contribution in [2.75, 3.05) is 11.9 Å². The molecule has 0 bridgehead atoms. The minimum absolute atomic E-state index is 0.225. The van der Waals surface area contributed by atoms with Gasteiger partial charge in [-0.25, -0.2) is 0 Å². The number of benzene rings is 2. The van der Waals surface area contributed by atoms with E-state index in [1.807, 2.05) is 12.1 Å². The number of anilines is 1. The number of nitrogens with zero attached hydrogens (tertiary/aromatic N) is 2. The summed E-state index contributed by atoms with van der Waals surface area (Å²) in [6, 6.07) is 15.2. The van der Waals surface area contributed by atoms with Crippen molar-refractivity contribution in [3.63, 3.8) is 0 Å². The van der Waals surface area contributed by atoms with Gasteiger partial charge in [-0.2, -0.15) is 0 Å². The number of hydrogen-bond donors (Lipinski definition) is 1. The molecule has 0 aliphatic heterocycles. The van der Waals surface area contributed by atoms with E-state index in [4.69, 9.17) is 4.74 Å². The molecule has 0 spiro atoms. The Balaban J connectivity index is 1.56. The predicted molar refractivity (Wildman–Crippen MR) is 111 cm³/mol. The molecule has 0 saturated heterocycles. The van der Waals surface area contributed by atoms with Gasteiger partial charge in [-0.05, 0) is 42.3 Å². The minimum Gasteiger partial charge on any atom is -0.490 e. The predicted octanol–water partition coefficient (Wildman–Crippen LogP) is 4.96.